The van der Waals surface area contributed by atoms with Crippen LogP contribution in [0.4, 0.5) is 5.69 Å². The van der Waals surface area contributed by atoms with Gasteiger partial charge in [-0.3, -0.25) is 9.48 Å². The maximum Gasteiger partial charge on any atom is 0.276 e. The monoisotopic (exact) mass is 250 g/mol. The van der Waals surface area contributed by atoms with E-state index in [9.17, 15) is 4.79 Å². The van der Waals surface area contributed by atoms with Crippen LogP contribution in [0.2, 0.25) is 0 Å². The number of rotatable bonds is 4. The van der Waals surface area contributed by atoms with Crippen LogP contribution in [0.5, 0.6) is 0 Å². The third-order valence-corrected chi connectivity index (χ3v) is 3.59. The third-order valence-electron chi connectivity index (χ3n) is 3.59. The number of likely N-dealkylation sites (tertiary alicyclic amines) is 1. The van der Waals surface area contributed by atoms with Crippen molar-refractivity contribution in [3.8, 4) is 0 Å². The fourth-order valence-corrected chi connectivity index (χ4v) is 2.58. The molecule has 5 heteroatoms. The molecule has 2 N–H and O–H groups in total. The van der Waals surface area contributed by atoms with Crippen LogP contribution in [-0.2, 0) is 6.54 Å². The highest BCUT2D eigenvalue weighted by atomic mass is 16.2. The van der Waals surface area contributed by atoms with E-state index in [1.807, 2.05) is 11.8 Å². The van der Waals surface area contributed by atoms with Crippen LogP contribution in [0.15, 0.2) is 6.20 Å². The van der Waals surface area contributed by atoms with Crippen molar-refractivity contribution >= 4 is 11.6 Å². The van der Waals surface area contributed by atoms with Gasteiger partial charge in [-0.1, -0.05) is 13.3 Å². The lowest BCUT2D eigenvalue weighted by Crippen LogP contribution is -2.29. The SMILES string of the molecule is CCCC1CCN(C(=O)c2nn(CC)cc2N)C1. The van der Waals surface area contributed by atoms with E-state index in [-0.39, 0.29) is 5.91 Å². The Hall–Kier alpha value is -1.52. The molecule has 0 aliphatic carbocycles. The minimum Gasteiger partial charge on any atom is -0.396 e. The molecular formula is C13H22N4O. The number of nitrogens with zero attached hydrogens (tertiary/aromatic N) is 3. The number of hydrogen-bond acceptors (Lipinski definition) is 3. The van der Waals surface area contributed by atoms with E-state index >= 15 is 0 Å². The molecule has 2 rings (SSSR count). The van der Waals surface area contributed by atoms with Crippen LogP contribution < -0.4 is 5.73 Å². The van der Waals surface area contributed by atoms with E-state index < -0.39 is 0 Å². The molecule has 0 bridgehead atoms. The topological polar surface area (TPSA) is 64.2 Å². The summed E-state index contributed by atoms with van der Waals surface area (Å²) in [7, 11) is 0. The average Bonchev–Trinajstić information content (AvgIpc) is 2.95. The standard InChI is InChI=1S/C13H22N4O/c1-3-5-10-6-7-16(8-10)13(18)12-11(14)9-17(4-2)15-12/h9-10H,3-8,14H2,1-2H3. The Morgan fingerprint density at radius 2 is 2.33 bits per heavy atom. The van der Waals surface area contributed by atoms with E-state index in [1.165, 1.54) is 12.8 Å². The van der Waals surface area contributed by atoms with Gasteiger partial charge in [0.15, 0.2) is 5.69 Å². The van der Waals surface area contributed by atoms with E-state index in [4.69, 9.17) is 5.73 Å². The summed E-state index contributed by atoms with van der Waals surface area (Å²) in [6, 6.07) is 0. The van der Waals surface area contributed by atoms with E-state index in [0.717, 1.165) is 26.1 Å². The molecule has 1 unspecified atom stereocenters. The average molecular weight is 250 g/mol. The van der Waals surface area contributed by atoms with Crippen LogP contribution in [-0.4, -0.2) is 33.7 Å². The second-order valence-electron chi connectivity index (χ2n) is 4.98. The summed E-state index contributed by atoms with van der Waals surface area (Å²) in [6.45, 7) is 6.59. The second kappa shape index (κ2) is 5.42. The van der Waals surface area contributed by atoms with Crippen molar-refractivity contribution in [2.24, 2.45) is 5.92 Å². The number of nitrogen functional groups attached to an aromatic ring is 1. The van der Waals surface area contributed by atoms with Crippen molar-refractivity contribution in [1.82, 2.24) is 14.7 Å². The van der Waals surface area contributed by atoms with Gasteiger partial charge >= 0.3 is 0 Å². The van der Waals surface area contributed by atoms with Gasteiger partial charge in [0.2, 0.25) is 0 Å². The van der Waals surface area contributed by atoms with Gasteiger partial charge < -0.3 is 10.6 Å². The zero-order valence-corrected chi connectivity index (χ0v) is 11.2. The summed E-state index contributed by atoms with van der Waals surface area (Å²) in [4.78, 5) is 14.2. The lowest BCUT2D eigenvalue weighted by Gasteiger charge is -2.15. The normalized spacial score (nSPS) is 19.4. The highest BCUT2D eigenvalue weighted by Gasteiger charge is 2.28. The number of amides is 1. The van der Waals surface area contributed by atoms with Crippen molar-refractivity contribution in [2.45, 2.75) is 39.7 Å². The Bertz CT molecular complexity index is 427. The number of hydrogen-bond donors (Lipinski definition) is 1. The molecule has 0 saturated carbocycles. The van der Waals surface area contributed by atoms with Crippen LogP contribution in [0.25, 0.3) is 0 Å². The van der Waals surface area contributed by atoms with Gasteiger partial charge in [-0.05, 0) is 25.7 Å². The number of carbonyl (C=O) groups excluding carboxylic acids is 1. The van der Waals surface area contributed by atoms with Gasteiger partial charge in [0.25, 0.3) is 5.91 Å². The zero-order valence-electron chi connectivity index (χ0n) is 11.2. The molecule has 2 heterocycles. The van der Waals surface area contributed by atoms with Gasteiger partial charge in [0.1, 0.15) is 0 Å². The van der Waals surface area contributed by atoms with Crippen molar-refractivity contribution in [3.05, 3.63) is 11.9 Å². The quantitative estimate of drug-likeness (QED) is 0.885. The molecule has 0 spiro atoms. The number of aryl methyl sites for hydroxylation is 1. The number of anilines is 1. The second-order valence-corrected chi connectivity index (χ2v) is 4.98. The molecule has 1 amide bonds. The number of aromatic nitrogens is 2. The van der Waals surface area contributed by atoms with Gasteiger partial charge in [-0.2, -0.15) is 5.10 Å². The molecule has 1 atom stereocenters. The minimum atomic E-state index is -0.0155. The number of carbonyl (C=O) groups is 1. The molecule has 1 saturated heterocycles. The fourth-order valence-electron chi connectivity index (χ4n) is 2.58. The first-order valence-electron chi connectivity index (χ1n) is 6.77. The van der Waals surface area contributed by atoms with Crippen molar-refractivity contribution in [1.29, 1.82) is 0 Å². The Kier molecular flexibility index (Phi) is 3.89. The van der Waals surface area contributed by atoms with Gasteiger partial charge in [-0.15, -0.1) is 0 Å². The first-order valence-corrected chi connectivity index (χ1v) is 6.77. The molecular weight excluding hydrogens is 228 g/mol. The molecule has 18 heavy (non-hydrogen) atoms. The molecule has 1 aliphatic heterocycles. The third kappa shape index (κ3) is 2.49. The summed E-state index contributed by atoms with van der Waals surface area (Å²) in [5, 5.41) is 4.24. The Balaban J connectivity index is 2.05. The highest BCUT2D eigenvalue weighted by Crippen LogP contribution is 2.23. The van der Waals surface area contributed by atoms with Gasteiger partial charge in [-0.25, -0.2) is 0 Å². The lowest BCUT2D eigenvalue weighted by atomic mass is 10.0. The lowest BCUT2D eigenvalue weighted by molar-refractivity contribution is 0.0781. The van der Waals surface area contributed by atoms with Crippen LogP contribution >= 0.6 is 0 Å². The smallest absolute Gasteiger partial charge is 0.276 e. The first kappa shape index (κ1) is 12.9. The van der Waals surface area contributed by atoms with Gasteiger partial charge in [0.05, 0.1) is 5.69 Å². The maximum atomic E-state index is 12.3. The van der Waals surface area contributed by atoms with E-state index in [0.29, 0.717) is 17.3 Å². The van der Waals surface area contributed by atoms with Crippen molar-refractivity contribution in [2.75, 3.05) is 18.8 Å². The predicted molar refractivity (Wildman–Crippen MR) is 71.2 cm³/mol. The molecule has 100 valence electrons. The summed E-state index contributed by atoms with van der Waals surface area (Å²) in [5.74, 6) is 0.631. The fraction of sp³-hybridized carbons (Fsp3) is 0.692. The molecule has 5 nitrogen and oxygen atoms in total. The minimum absolute atomic E-state index is 0.0155. The van der Waals surface area contributed by atoms with Crippen molar-refractivity contribution in [3.63, 3.8) is 0 Å². The molecule has 1 aliphatic rings. The van der Waals surface area contributed by atoms with E-state index in [1.54, 1.807) is 10.9 Å². The summed E-state index contributed by atoms with van der Waals surface area (Å²) >= 11 is 0. The molecule has 0 radical (unpaired) electrons. The summed E-state index contributed by atoms with van der Waals surface area (Å²) < 4.78 is 1.71. The zero-order chi connectivity index (χ0) is 13.1. The van der Waals surface area contributed by atoms with E-state index in [2.05, 4.69) is 12.0 Å². The van der Waals surface area contributed by atoms with Crippen molar-refractivity contribution < 1.29 is 4.79 Å². The van der Waals surface area contributed by atoms with Crippen LogP contribution in [0.3, 0.4) is 0 Å². The molecule has 1 aromatic rings. The molecule has 1 fully saturated rings. The number of nitrogens with two attached hydrogens (primary N) is 1. The Morgan fingerprint density at radius 3 is 2.94 bits per heavy atom. The Labute approximate surface area is 108 Å². The first-order chi connectivity index (χ1) is 8.65. The van der Waals surface area contributed by atoms with Crippen LogP contribution in [0, 0.1) is 5.92 Å². The molecule has 0 aromatic carbocycles. The van der Waals surface area contributed by atoms with Crippen LogP contribution in [0.1, 0.15) is 43.6 Å². The Morgan fingerprint density at radius 1 is 1.56 bits per heavy atom. The predicted octanol–water partition coefficient (Wildman–Crippen LogP) is 1.75. The van der Waals surface area contributed by atoms with Gasteiger partial charge in [0, 0.05) is 25.8 Å². The summed E-state index contributed by atoms with van der Waals surface area (Å²) in [6.07, 6.45) is 5.21. The maximum absolute atomic E-state index is 12.3. The summed E-state index contributed by atoms with van der Waals surface area (Å²) in [5.41, 5.74) is 6.75. The highest BCUT2D eigenvalue weighted by molar-refractivity contribution is 5.97. The molecule has 1 aromatic heterocycles. The largest absolute Gasteiger partial charge is 0.396 e.